The van der Waals surface area contributed by atoms with Crippen LogP contribution in [0.4, 0.5) is 17.3 Å². The number of rotatable bonds is 10. The molecular formula is C22H32N4O2. The average molecular weight is 385 g/mol. The largest absolute Gasteiger partial charge is 0.481 e. The molecule has 0 spiro atoms. The quantitative estimate of drug-likeness (QED) is 0.605. The lowest BCUT2D eigenvalue weighted by molar-refractivity contribution is -0.137. The molecule has 2 N–H and O–H groups in total. The maximum absolute atomic E-state index is 11.1. The lowest BCUT2D eigenvalue weighted by Crippen LogP contribution is -2.31. The van der Waals surface area contributed by atoms with Crippen LogP contribution < -0.4 is 10.2 Å². The van der Waals surface area contributed by atoms with Crippen LogP contribution in [0.25, 0.3) is 0 Å². The second kappa shape index (κ2) is 10.1. The molecular weight excluding hydrogens is 352 g/mol. The number of aromatic nitrogens is 2. The number of hydrogen-bond donors (Lipinski definition) is 2. The van der Waals surface area contributed by atoms with Gasteiger partial charge in [0, 0.05) is 25.5 Å². The van der Waals surface area contributed by atoms with Gasteiger partial charge in [0.25, 0.3) is 0 Å². The highest BCUT2D eigenvalue weighted by Gasteiger charge is 2.18. The Balaban J connectivity index is 2.44. The molecule has 2 rings (SSSR count). The number of carboxylic acid groups (broad SMARTS) is 1. The van der Waals surface area contributed by atoms with Crippen molar-refractivity contribution in [2.45, 2.75) is 47.0 Å². The third-order valence-corrected chi connectivity index (χ3v) is 4.39. The summed E-state index contributed by atoms with van der Waals surface area (Å²) in [6.07, 6.45) is 3.50. The summed E-state index contributed by atoms with van der Waals surface area (Å²) in [5.74, 6) is 0.697. The van der Waals surface area contributed by atoms with E-state index in [0.717, 1.165) is 30.0 Å². The van der Waals surface area contributed by atoms with Crippen LogP contribution in [0.1, 0.15) is 52.5 Å². The minimum absolute atomic E-state index is 0.0764. The van der Waals surface area contributed by atoms with Gasteiger partial charge in [-0.3, -0.25) is 4.79 Å². The van der Waals surface area contributed by atoms with E-state index in [9.17, 15) is 4.79 Å². The molecule has 0 saturated heterocycles. The van der Waals surface area contributed by atoms with Crippen LogP contribution in [-0.4, -0.2) is 34.1 Å². The van der Waals surface area contributed by atoms with E-state index in [0.29, 0.717) is 17.8 Å². The summed E-state index contributed by atoms with van der Waals surface area (Å²) in [5, 5.41) is 12.5. The zero-order valence-electron chi connectivity index (χ0n) is 17.5. The van der Waals surface area contributed by atoms with Crippen molar-refractivity contribution in [2.75, 3.05) is 23.3 Å². The van der Waals surface area contributed by atoms with Crippen LogP contribution in [0, 0.1) is 11.8 Å². The van der Waals surface area contributed by atoms with Crippen molar-refractivity contribution in [2.24, 2.45) is 11.8 Å². The Morgan fingerprint density at radius 1 is 1.07 bits per heavy atom. The number of nitrogens with zero attached hydrogens (tertiary/aromatic N) is 3. The van der Waals surface area contributed by atoms with Crippen LogP contribution >= 0.6 is 0 Å². The highest BCUT2D eigenvalue weighted by Crippen LogP contribution is 2.33. The van der Waals surface area contributed by atoms with Crippen molar-refractivity contribution in [3.63, 3.8) is 0 Å². The molecule has 0 radical (unpaired) electrons. The molecule has 6 heteroatoms. The topological polar surface area (TPSA) is 78.4 Å². The predicted molar refractivity (Wildman–Crippen MR) is 114 cm³/mol. The van der Waals surface area contributed by atoms with Crippen LogP contribution in [0.5, 0.6) is 0 Å². The van der Waals surface area contributed by atoms with Crippen molar-refractivity contribution in [3.8, 4) is 0 Å². The highest BCUT2D eigenvalue weighted by atomic mass is 16.4. The van der Waals surface area contributed by atoms with Crippen molar-refractivity contribution >= 4 is 23.3 Å². The van der Waals surface area contributed by atoms with Gasteiger partial charge in [-0.1, -0.05) is 40.7 Å². The molecule has 1 aromatic carbocycles. The molecule has 0 aliphatic rings. The van der Waals surface area contributed by atoms with Gasteiger partial charge in [0.05, 0.1) is 17.8 Å². The number of carbonyl (C=O) groups is 1. The van der Waals surface area contributed by atoms with Crippen LogP contribution in [0.3, 0.4) is 0 Å². The molecule has 0 fully saturated rings. The Kier molecular flexibility index (Phi) is 7.79. The van der Waals surface area contributed by atoms with E-state index < -0.39 is 5.97 Å². The maximum Gasteiger partial charge on any atom is 0.303 e. The normalized spacial score (nSPS) is 12.2. The van der Waals surface area contributed by atoms with E-state index in [1.54, 1.807) is 18.5 Å². The smallest absolute Gasteiger partial charge is 0.303 e. The first kappa shape index (κ1) is 21.7. The number of benzene rings is 1. The number of anilines is 3. The molecule has 6 nitrogen and oxygen atoms in total. The van der Waals surface area contributed by atoms with E-state index in [1.165, 1.54) is 0 Å². The monoisotopic (exact) mass is 384 g/mol. The molecule has 0 saturated carbocycles. The molecule has 1 unspecified atom stereocenters. The summed E-state index contributed by atoms with van der Waals surface area (Å²) in [7, 11) is 0. The maximum atomic E-state index is 11.1. The van der Waals surface area contributed by atoms with Gasteiger partial charge in [-0.25, -0.2) is 9.97 Å². The molecule has 2 aromatic rings. The predicted octanol–water partition coefficient (Wildman–Crippen LogP) is 4.92. The summed E-state index contributed by atoms with van der Waals surface area (Å²) in [5.41, 5.74) is 2.97. The lowest BCUT2D eigenvalue weighted by Gasteiger charge is -2.31. The van der Waals surface area contributed by atoms with E-state index in [1.807, 2.05) is 19.1 Å². The minimum atomic E-state index is -0.793. The van der Waals surface area contributed by atoms with Gasteiger partial charge in [-0.15, -0.1) is 0 Å². The summed E-state index contributed by atoms with van der Waals surface area (Å²) < 4.78 is 0. The first-order valence-corrected chi connectivity index (χ1v) is 9.91. The fraction of sp³-hybridized carbons (Fsp3) is 0.500. The standard InChI is InChI=1S/C22H32N4O2/c1-15(2)13-26(14-16(3)4)20-8-7-18(17(5)11-21(27)28)12-19(20)25-22-23-9-6-10-24-22/h6-10,12,15-17H,11,13-14H2,1-5H3,(H,27,28)(H,23,24,25). The van der Waals surface area contributed by atoms with Crippen molar-refractivity contribution in [1.82, 2.24) is 9.97 Å². The molecule has 1 heterocycles. The summed E-state index contributed by atoms with van der Waals surface area (Å²) in [6.45, 7) is 12.7. The molecule has 1 aromatic heterocycles. The Morgan fingerprint density at radius 3 is 2.21 bits per heavy atom. The summed E-state index contributed by atoms with van der Waals surface area (Å²) in [4.78, 5) is 22.1. The zero-order valence-corrected chi connectivity index (χ0v) is 17.5. The second-order valence-electron chi connectivity index (χ2n) is 8.17. The van der Waals surface area contributed by atoms with Gasteiger partial charge in [-0.05, 0) is 41.5 Å². The van der Waals surface area contributed by atoms with Crippen molar-refractivity contribution < 1.29 is 9.90 Å². The molecule has 0 bridgehead atoms. The van der Waals surface area contributed by atoms with E-state index in [2.05, 4.69) is 53.9 Å². The van der Waals surface area contributed by atoms with Gasteiger partial charge in [-0.2, -0.15) is 0 Å². The Bertz CT molecular complexity index is 752. The number of hydrogen-bond acceptors (Lipinski definition) is 5. The average Bonchev–Trinajstić information content (AvgIpc) is 2.60. The first-order valence-electron chi connectivity index (χ1n) is 9.91. The molecule has 152 valence electrons. The van der Waals surface area contributed by atoms with Crippen molar-refractivity contribution in [1.29, 1.82) is 0 Å². The fourth-order valence-corrected chi connectivity index (χ4v) is 3.25. The summed E-state index contributed by atoms with van der Waals surface area (Å²) in [6, 6.07) is 7.94. The molecule has 28 heavy (non-hydrogen) atoms. The van der Waals surface area contributed by atoms with Gasteiger partial charge in [0.2, 0.25) is 5.95 Å². The third kappa shape index (κ3) is 6.51. The Morgan fingerprint density at radius 2 is 1.68 bits per heavy atom. The number of aliphatic carboxylic acids is 1. The van der Waals surface area contributed by atoms with Gasteiger partial charge >= 0.3 is 5.97 Å². The highest BCUT2D eigenvalue weighted by molar-refractivity contribution is 5.75. The fourth-order valence-electron chi connectivity index (χ4n) is 3.25. The summed E-state index contributed by atoms with van der Waals surface area (Å²) >= 11 is 0. The van der Waals surface area contributed by atoms with Gasteiger partial charge in [0.15, 0.2) is 0 Å². The van der Waals surface area contributed by atoms with Crippen molar-refractivity contribution in [3.05, 3.63) is 42.2 Å². The van der Waals surface area contributed by atoms with E-state index in [-0.39, 0.29) is 12.3 Å². The van der Waals surface area contributed by atoms with E-state index in [4.69, 9.17) is 5.11 Å². The Hall–Kier alpha value is -2.63. The van der Waals surface area contributed by atoms with Crippen LogP contribution in [-0.2, 0) is 4.79 Å². The SMILES string of the molecule is CC(C)CN(CC(C)C)c1ccc(C(C)CC(=O)O)cc1Nc1ncccn1. The van der Waals surface area contributed by atoms with Gasteiger partial charge < -0.3 is 15.3 Å². The first-order chi connectivity index (χ1) is 13.3. The molecule has 1 atom stereocenters. The second-order valence-corrected chi connectivity index (χ2v) is 8.17. The Labute approximate surface area is 168 Å². The van der Waals surface area contributed by atoms with E-state index >= 15 is 0 Å². The third-order valence-electron chi connectivity index (χ3n) is 4.39. The molecule has 0 aliphatic heterocycles. The number of carboxylic acids is 1. The van der Waals surface area contributed by atoms with Crippen LogP contribution in [0.15, 0.2) is 36.7 Å². The van der Waals surface area contributed by atoms with Gasteiger partial charge in [0.1, 0.15) is 0 Å². The number of nitrogens with one attached hydrogen (secondary N) is 1. The minimum Gasteiger partial charge on any atom is -0.481 e. The lowest BCUT2D eigenvalue weighted by atomic mass is 9.96. The molecule has 0 aliphatic carbocycles. The zero-order chi connectivity index (χ0) is 20.7. The van der Waals surface area contributed by atoms with Crippen LogP contribution in [0.2, 0.25) is 0 Å². The molecule has 0 amide bonds.